The lowest BCUT2D eigenvalue weighted by molar-refractivity contribution is 0.0693. The van der Waals surface area contributed by atoms with Gasteiger partial charge in [0.05, 0.1) is 5.69 Å². The van der Waals surface area contributed by atoms with E-state index >= 15 is 0 Å². The van der Waals surface area contributed by atoms with Crippen molar-refractivity contribution in [2.24, 2.45) is 5.92 Å². The number of thioether (sulfide) groups is 1. The Balaban J connectivity index is 1.61. The van der Waals surface area contributed by atoms with Gasteiger partial charge in [-0.25, -0.2) is 4.98 Å². The number of hydrogen-bond donors (Lipinski definition) is 1. The predicted molar refractivity (Wildman–Crippen MR) is 81.3 cm³/mol. The number of fused-ring (bicyclic) bond motifs is 1. The molecule has 0 radical (unpaired) electrons. The van der Waals surface area contributed by atoms with Crippen LogP contribution in [0.15, 0.2) is 23.4 Å². The van der Waals surface area contributed by atoms with Crippen LogP contribution in [0.3, 0.4) is 0 Å². The van der Waals surface area contributed by atoms with Gasteiger partial charge in [-0.15, -0.1) is 11.8 Å². The quantitative estimate of drug-likeness (QED) is 0.862. The summed E-state index contributed by atoms with van der Waals surface area (Å²) in [6, 6.07) is 4.67. The van der Waals surface area contributed by atoms with Crippen molar-refractivity contribution >= 4 is 17.4 Å². The zero-order chi connectivity index (χ0) is 13.1. The molecule has 0 amide bonds. The largest absolute Gasteiger partial charge is 0.397 e. The maximum Gasteiger partial charge on any atom is 0.119 e. The Morgan fingerprint density at radius 1 is 1.26 bits per heavy atom. The average molecular weight is 277 g/mol. The number of pyridine rings is 1. The molecule has 3 heterocycles. The Hall–Kier alpha value is -0.740. The summed E-state index contributed by atoms with van der Waals surface area (Å²) < 4.78 is 0. The van der Waals surface area contributed by atoms with Crippen LogP contribution >= 0.6 is 11.8 Å². The zero-order valence-electron chi connectivity index (χ0n) is 11.4. The molecule has 2 N–H and O–H groups in total. The fourth-order valence-electron chi connectivity index (χ4n) is 3.48. The van der Waals surface area contributed by atoms with Gasteiger partial charge in [0.2, 0.25) is 0 Å². The smallest absolute Gasteiger partial charge is 0.119 e. The van der Waals surface area contributed by atoms with Gasteiger partial charge in [0, 0.05) is 18.0 Å². The van der Waals surface area contributed by atoms with Gasteiger partial charge in [0.15, 0.2) is 0 Å². The van der Waals surface area contributed by atoms with Crippen molar-refractivity contribution in [3.05, 3.63) is 18.3 Å². The molecular weight excluding hydrogens is 254 g/mol. The lowest BCUT2D eigenvalue weighted by atomic mass is 9.85. The second-order valence-electron chi connectivity index (χ2n) is 5.71. The Kier molecular flexibility index (Phi) is 4.28. The van der Waals surface area contributed by atoms with Crippen molar-refractivity contribution in [1.82, 2.24) is 9.88 Å². The monoisotopic (exact) mass is 277 g/mol. The number of hydrogen-bond acceptors (Lipinski definition) is 4. The van der Waals surface area contributed by atoms with Crippen molar-refractivity contribution < 1.29 is 0 Å². The van der Waals surface area contributed by atoms with E-state index in [1.54, 1.807) is 0 Å². The lowest BCUT2D eigenvalue weighted by Gasteiger charge is -2.44. The number of anilines is 1. The number of aromatic nitrogens is 1. The van der Waals surface area contributed by atoms with E-state index in [1.807, 2.05) is 30.1 Å². The van der Waals surface area contributed by atoms with Crippen LogP contribution in [0, 0.1) is 5.92 Å². The van der Waals surface area contributed by atoms with Crippen molar-refractivity contribution in [2.45, 2.75) is 43.2 Å². The highest BCUT2D eigenvalue weighted by atomic mass is 32.2. The predicted octanol–water partition coefficient (Wildman–Crippen LogP) is 3.02. The van der Waals surface area contributed by atoms with E-state index in [0.717, 1.165) is 22.7 Å². The van der Waals surface area contributed by atoms with Crippen LogP contribution in [0.2, 0.25) is 0 Å². The number of nitrogens with two attached hydrogens (primary N) is 1. The van der Waals surface area contributed by atoms with E-state index in [-0.39, 0.29) is 0 Å². The van der Waals surface area contributed by atoms with Gasteiger partial charge in [-0.1, -0.05) is 6.42 Å². The minimum absolute atomic E-state index is 0.819. The molecular formula is C15H23N3S. The van der Waals surface area contributed by atoms with E-state index in [1.165, 1.54) is 50.9 Å². The third-order valence-electron chi connectivity index (χ3n) is 4.46. The molecule has 0 unspecified atom stereocenters. The average Bonchev–Trinajstić information content (AvgIpc) is 2.46. The highest BCUT2D eigenvalue weighted by molar-refractivity contribution is 7.99. The van der Waals surface area contributed by atoms with E-state index in [9.17, 15) is 0 Å². The summed E-state index contributed by atoms with van der Waals surface area (Å²) in [5.74, 6) is 1.99. The van der Waals surface area contributed by atoms with Crippen LogP contribution in [0.1, 0.15) is 32.1 Å². The van der Waals surface area contributed by atoms with Crippen LogP contribution in [0.5, 0.6) is 0 Å². The molecule has 0 saturated carbocycles. The second-order valence-corrected chi connectivity index (χ2v) is 6.72. The summed E-state index contributed by atoms with van der Waals surface area (Å²) in [7, 11) is 0. The summed E-state index contributed by atoms with van der Waals surface area (Å²) in [6.07, 6.45) is 8.77. The molecule has 4 heteroatoms. The summed E-state index contributed by atoms with van der Waals surface area (Å²) in [4.78, 5) is 7.11. The van der Waals surface area contributed by atoms with E-state index in [2.05, 4.69) is 9.88 Å². The minimum Gasteiger partial charge on any atom is -0.397 e. The van der Waals surface area contributed by atoms with Crippen molar-refractivity contribution in [3.8, 4) is 0 Å². The van der Waals surface area contributed by atoms with E-state index in [0.29, 0.717) is 0 Å². The molecule has 104 valence electrons. The maximum absolute atomic E-state index is 5.97. The Labute approximate surface area is 120 Å². The first-order valence-corrected chi connectivity index (χ1v) is 8.40. The molecule has 2 aliphatic rings. The molecule has 0 aromatic carbocycles. The Bertz CT molecular complexity index is 422. The van der Waals surface area contributed by atoms with Crippen LogP contribution in [-0.2, 0) is 0 Å². The lowest BCUT2D eigenvalue weighted by Crippen LogP contribution is -2.48. The minimum atomic E-state index is 0.819. The van der Waals surface area contributed by atoms with Crippen LogP contribution in [0.25, 0.3) is 0 Å². The highest BCUT2D eigenvalue weighted by Gasteiger charge is 2.32. The van der Waals surface area contributed by atoms with Gasteiger partial charge in [-0.05, 0) is 56.8 Å². The second kappa shape index (κ2) is 6.14. The molecule has 1 aromatic heterocycles. The SMILES string of the molecule is Nc1cccnc1SC[C@@H]1CCCN2CCCC[C@H]12. The van der Waals surface area contributed by atoms with Crippen molar-refractivity contribution in [3.63, 3.8) is 0 Å². The molecule has 0 aliphatic carbocycles. The maximum atomic E-state index is 5.97. The number of rotatable bonds is 3. The first-order valence-electron chi connectivity index (χ1n) is 7.42. The van der Waals surface area contributed by atoms with Crippen LogP contribution in [0.4, 0.5) is 5.69 Å². The van der Waals surface area contributed by atoms with Gasteiger partial charge in [-0.3, -0.25) is 0 Å². The molecule has 0 bridgehead atoms. The normalized spacial score (nSPS) is 28.0. The summed E-state index contributed by atoms with van der Waals surface area (Å²) >= 11 is 1.85. The number of nitrogens with zero attached hydrogens (tertiary/aromatic N) is 2. The van der Waals surface area contributed by atoms with Crippen LogP contribution in [-0.4, -0.2) is 34.8 Å². The standard InChI is InChI=1S/C15H23N3S/c16-13-6-3-8-17-15(13)19-11-12-5-4-10-18-9-2-1-7-14(12)18/h3,6,8,12,14H,1-2,4-5,7,9-11,16H2/t12-,14+/m0/s1. The molecule has 1 aromatic rings. The molecule has 2 saturated heterocycles. The molecule has 19 heavy (non-hydrogen) atoms. The Morgan fingerprint density at radius 3 is 3.05 bits per heavy atom. The van der Waals surface area contributed by atoms with Gasteiger partial charge in [0.1, 0.15) is 5.03 Å². The molecule has 2 aliphatic heterocycles. The number of nitrogen functional groups attached to an aromatic ring is 1. The topological polar surface area (TPSA) is 42.1 Å². The molecule has 3 nitrogen and oxygen atoms in total. The van der Waals surface area contributed by atoms with Gasteiger partial charge in [-0.2, -0.15) is 0 Å². The molecule has 0 spiro atoms. The van der Waals surface area contributed by atoms with Crippen LogP contribution < -0.4 is 5.73 Å². The zero-order valence-corrected chi connectivity index (χ0v) is 12.2. The third-order valence-corrected chi connectivity index (χ3v) is 5.67. The first-order chi connectivity index (χ1) is 9.34. The first kappa shape index (κ1) is 13.3. The van der Waals surface area contributed by atoms with Gasteiger partial charge < -0.3 is 10.6 Å². The number of piperidine rings is 2. The fraction of sp³-hybridized carbons (Fsp3) is 0.667. The highest BCUT2D eigenvalue weighted by Crippen LogP contribution is 2.35. The third kappa shape index (κ3) is 3.06. The van der Waals surface area contributed by atoms with Crippen molar-refractivity contribution in [2.75, 3.05) is 24.6 Å². The molecule has 3 rings (SSSR count). The van der Waals surface area contributed by atoms with E-state index in [4.69, 9.17) is 5.73 Å². The summed E-state index contributed by atoms with van der Waals surface area (Å²) in [6.45, 7) is 2.63. The summed E-state index contributed by atoms with van der Waals surface area (Å²) in [5, 5.41) is 1.01. The van der Waals surface area contributed by atoms with Crippen molar-refractivity contribution in [1.29, 1.82) is 0 Å². The fourth-order valence-corrected chi connectivity index (χ4v) is 4.61. The molecule has 2 atom stereocenters. The van der Waals surface area contributed by atoms with Gasteiger partial charge >= 0.3 is 0 Å². The van der Waals surface area contributed by atoms with Gasteiger partial charge in [0.25, 0.3) is 0 Å². The Morgan fingerprint density at radius 2 is 2.16 bits per heavy atom. The summed E-state index contributed by atoms with van der Waals surface area (Å²) in [5.41, 5.74) is 6.80. The van der Waals surface area contributed by atoms with E-state index < -0.39 is 0 Å². The molecule has 2 fully saturated rings.